The SMILES string of the molecule is O=C(Nc1ccc(OC(F)(F)F)cc1)c1oc2ccccc2c1COc1ccccc1. The molecule has 0 atom stereocenters. The van der Waals surface area contributed by atoms with Crippen LogP contribution in [0.3, 0.4) is 0 Å². The maximum absolute atomic E-state index is 12.9. The normalized spacial score (nSPS) is 11.3. The van der Waals surface area contributed by atoms with Crippen LogP contribution >= 0.6 is 0 Å². The Morgan fingerprint density at radius 2 is 1.55 bits per heavy atom. The van der Waals surface area contributed by atoms with Crippen molar-refractivity contribution in [2.24, 2.45) is 0 Å². The summed E-state index contributed by atoms with van der Waals surface area (Å²) in [5.74, 6) is -0.231. The number of anilines is 1. The average Bonchev–Trinajstić information content (AvgIpc) is 3.12. The fraction of sp³-hybridized carbons (Fsp3) is 0.0870. The summed E-state index contributed by atoms with van der Waals surface area (Å²) < 4.78 is 52.3. The van der Waals surface area contributed by atoms with Crippen molar-refractivity contribution >= 4 is 22.6 Å². The van der Waals surface area contributed by atoms with Gasteiger partial charge in [0.05, 0.1) is 0 Å². The quantitative estimate of drug-likeness (QED) is 0.400. The number of benzene rings is 3. The molecular formula is C23H16F3NO4. The van der Waals surface area contributed by atoms with Gasteiger partial charge in [-0.2, -0.15) is 0 Å². The van der Waals surface area contributed by atoms with Crippen LogP contribution in [0.5, 0.6) is 11.5 Å². The van der Waals surface area contributed by atoms with Crippen molar-refractivity contribution in [3.05, 3.63) is 90.2 Å². The lowest BCUT2D eigenvalue weighted by Crippen LogP contribution is -2.17. The third kappa shape index (κ3) is 4.98. The molecule has 1 aromatic heterocycles. The lowest BCUT2D eigenvalue weighted by molar-refractivity contribution is -0.274. The highest BCUT2D eigenvalue weighted by atomic mass is 19.4. The van der Waals surface area contributed by atoms with E-state index in [2.05, 4.69) is 10.1 Å². The molecule has 0 bridgehead atoms. The number of halogens is 3. The zero-order valence-electron chi connectivity index (χ0n) is 16.0. The van der Waals surface area contributed by atoms with Crippen molar-refractivity contribution in [1.82, 2.24) is 0 Å². The van der Waals surface area contributed by atoms with Gasteiger partial charge in [0.1, 0.15) is 23.7 Å². The fourth-order valence-corrected chi connectivity index (χ4v) is 3.03. The second kappa shape index (κ2) is 8.43. The number of furan rings is 1. The van der Waals surface area contributed by atoms with Crippen LogP contribution in [0.1, 0.15) is 16.1 Å². The van der Waals surface area contributed by atoms with Crippen LogP contribution in [0.2, 0.25) is 0 Å². The number of nitrogens with one attached hydrogen (secondary N) is 1. The van der Waals surface area contributed by atoms with Crippen molar-refractivity contribution < 1.29 is 31.9 Å². The van der Waals surface area contributed by atoms with Gasteiger partial charge in [0.15, 0.2) is 5.76 Å². The third-order valence-corrected chi connectivity index (χ3v) is 4.38. The molecule has 0 aliphatic carbocycles. The van der Waals surface area contributed by atoms with Gasteiger partial charge in [-0.1, -0.05) is 36.4 Å². The Morgan fingerprint density at radius 1 is 0.871 bits per heavy atom. The van der Waals surface area contributed by atoms with Crippen molar-refractivity contribution in [3.8, 4) is 11.5 Å². The molecular weight excluding hydrogens is 411 g/mol. The molecule has 0 radical (unpaired) electrons. The smallest absolute Gasteiger partial charge is 0.489 e. The van der Waals surface area contributed by atoms with Gasteiger partial charge in [-0.05, 0) is 42.5 Å². The molecule has 158 valence electrons. The van der Waals surface area contributed by atoms with Gasteiger partial charge in [0, 0.05) is 16.6 Å². The number of alkyl halides is 3. The highest BCUT2D eigenvalue weighted by Crippen LogP contribution is 2.29. The average molecular weight is 427 g/mol. The zero-order valence-corrected chi connectivity index (χ0v) is 16.0. The van der Waals surface area contributed by atoms with Crippen molar-refractivity contribution in [1.29, 1.82) is 0 Å². The van der Waals surface area contributed by atoms with Crippen molar-refractivity contribution in [3.63, 3.8) is 0 Å². The van der Waals surface area contributed by atoms with Gasteiger partial charge >= 0.3 is 6.36 Å². The van der Waals surface area contributed by atoms with Crippen molar-refractivity contribution in [2.75, 3.05) is 5.32 Å². The van der Waals surface area contributed by atoms with E-state index in [0.717, 1.165) is 17.5 Å². The number of ether oxygens (including phenoxy) is 2. The summed E-state index contributed by atoms with van der Waals surface area (Å²) >= 11 is 0. The Labute approximate surface area is 175 Å². The number of para-hydroxylation sites is 2. The standard InChI is InChI=1S/C23H16F3NO4/c24-23(25,26)31-17-12-10-15(11-13-17)27-22(28)21-19(14-29-16-6-2-1-3-7-16)18-8-4-5-9-20(18)30-21/h1-13H,14H2,(H,27,28). The largest absolute Gasteiger partial charge is 0.573 e. The molecule has 1 heterocycles. The Kier molecular flexibility index (Phi) is 5.53. The predicted molar refractivity (Wildman–Crippen MR) is 108 cm³/mol. The molecule has 0 fully saturated rings. The summed E-state index contributed by atoms with van der Waals surface area (Å²) in [6.45, 7) is 0.0993. The zero-order chi connectivity index (χ0) is 21.8. The monoisotopic (exact) mass is 427 g/mol. The van der Waals surface area contributed by atoms with Crippen LogP contribution in [-0.4, -0.2) is 12.3 Å². The lowest BCUT2D eigenvalue weighted by atomic mass is 10.1. The van der Waals surface area contributed by atoms with Gasteiger partial charge in [-0.25, -0.2) is 0 Å². The molecule has 8 heteroatoms. The summed E-state index contributed by atoms with van der Waals surface area (Å²) in [6.07, 6.45) is -4.79. The van der Waals surface area contributed by atoms with E-state index in [0.29, 0.717) is 16.9 Å². The number of hydrogen-bond acceptors (Lipinski definition) is 4. The molecule has 0 aliphatic heterocycles. The second-order valence-electron chi connectivity index (χ2n) is 6.53. The summed E-state index contributed by atoms with van der Waals surface area (Å²) in [7, 11) is 0. The Morgan fingerprint density at radius 3 is 2.26 bits per heavy atom. The number of amides is 1. The molecule has 5 nitrogen and oxygen atoms in total. The first kappa shape index (κ1) is 20.3. The molecule has 0 saturated carbocycles. The molecule has 1 N–H and O–H groups in total. The maximum atomic E-state index is 12.9. The third-order valence-electron chi connectivity index (χ3n) is 4.38. The number of rotatable bonds is 6. The molecule has 4 aromatic rings. The van der Waals surface area contributed by atoms with Crippen LogP contribution in [-0.2, 0) is 6.61 Å². The topological polar surface area (TPSA) is 60.7 Å². The predicted octanol–water partition coefficient (Wildman–Crippen LogP) is 6.16. The first-order chi connectivity index (χ1) is 14.9. The number of carbonyl (C=O) groups excluding carboxylic acids is 1. The molecule has 1 amide bonds. The second-order valence-corrected chi connectivity index (χ2v) is 6.53. The van der Waals surface area contributed by atoms with E-state index in [1.807, 2.05) is 30.3 Å². The van der Waals surface area contributed by atoms with Gasteiger partial charge in [-0.3, -0.25) is 4.79 Å². The van der Waals surface area contributed by atoms with Crippen LogP contribution in [0, 0.1) is 0 Å². The van der Waals surface area contributed by atoms with E-state index in [9.17, 15) is 18.0 Å². The van der Waals surface area contributed by atoms with Gasteiger partial charge in [0.25, 0.3) is 5.91 Å². The van der Waals surface area contributed by atoms with Gasteiger partial charge < -0.3 is 19.2 Å². The maximum Gasteiger partial charge on any atom is 0.573 e. The lowest BCUT2D eigenvalue weighted by Gasteiger charge is -2.10. The van der Waals surface area contributed by atoms with Crippen LogP contribution in [0.4, 0.5) is 18.9 Å². The van der Waals surface area contributed by atoms with E-state index in [1.165, 1.54) is 12.1 Å². The summed E-state index contributed by atoms with van der Waals surface area (Å²) in [6, 6.07) is 21.1. The van der Waals surface area contributed by atoms with Gasteiger partial charge in [0.2, 0.25) is 0 Å². The minimum atomic E-state index is -4.79. The molecule has 3 aromatic carbocycles. The van der Waals surface area contributed by atoms with Gasteiger partial charge in [-0.15, -0.1) is 13.2 Å². The van der Waals surface area contributed by atoms with Crippen LogP contribution in [0.15, 0.2) is 83.3 Å². The Bertz CT molecular complexity index is 1190. The van der Waals surface area contributed by atoms with E-state index in [1.54, 1.807) is 24.3 Å². The summed E-state index contributed by atoms with van der Waals surface area (Å²) in [5.41, 5.74) is 1.37. The van der Waals surface area contributed by atoms with Crippen LogP contribution < -0.4 is 14.8 Å². The number of fused-ring (bicyclic) bond motifs is 1. The van der Waals surface area contributed by atoms with E-state index in [-0.39, 0.29) is 23.8 Å². The molecule has 0 unspecified atom stereocenters. The van der Waals surface area contributed by atoms with E-state index in [4.69, 9.17) is 9.15 Å². The first-order valence-corrected chi connectivity index (χ1v) is 9.24. The highest BCUT2D eigenvalue weighted by Gasteiger charge is 2.31. The Hall–Kier alpha value is -3.94. The molecule has 0 spiro atoms. The number of carbonyl (C=O) groups is 1. The summed E-state index contributed by atoms with van der Waals surface area (Å²) in [5, 5.41) is 3.36. The molecule has 31 heavy (non-hydrogen) atoms. The summed E-state index contributed by atoms with van der Waals surface area (Å²) in [4.78, 5) is 12.9. The first-order valence-electron chi connectivity index (χ1n) is 9.24. The van der Waals surface area contributed by atoms with E-state index >= 15 is 0 Å². The fourth-order valence-electron chi connectivity index (χ4n) is 3.03. The Balaban J connectivity index is 1.56. The van der Waals surface area contributed by atoms with Crippen molar-refractivity contribution in [2.45, 2.75) is 13.0 Å². The number of hydrogen-bond donors (Lipinski definition) is 1. The molecule has 0 saturated heterocycles. The van der Waals surface area contributed by atoms with Crippen LogP contribution in [0.25, 0.3) is 11.0 Å². The highest BCUT2D eigenvalue weighted by molar-refractivity contribution is 6.06. The molecule has 4 rings (SSSR count). The van der Waals surface area contributed by atoms with E-state index < -0.39 is 12.3 Å². The molecule has 0 aliphatic rings. The minimum Gasteiger partial charge on any atom is -0.489 e. The minimum absolute atomic E-state index is 0.0627.